The third kappa shape index (κ3) is 3.15. The van der Waals surface area contributed by atoms with Gasteiger partial charge in [-0.05, 0) is 37.5 Å². The fraction of sp³-hybridized carbons (Fsp3) is 0.278. The molecule has 1 aromatic carbocycles. The maximum atomic E-state index is 12.4. The molecule has 22 heavy (non-hydrogen) atoms. The Labute approximate surface area is 130 Å². The Morgan fingerprint density at radius 3 is 2.55 bits per heavy atom. The van der Waals surface area contributed by atoms with Gasteiger partial charge in [0, 0.05) is 5.69 Å². The second kappa shape index (κ2) is 6.86. The average molecular weight is 293 g/mol. The molecule has 0 atom stereocenters. The van der Waals surface area contributed by atoms with Crippen LogP contribution >= 0.6 is 0 Å². The van der Waals surface area contributed by atoms with Gasteiger partial charge in [-0.2, -0.15) is 10.4 Å². The smallest absolute Gasteiger partial charge is 0.266 e. The summed E-state index contributed by atoms with van der Waals surface area (Å²) in [6.45, 7) is 5.67. The van der Waals surface area contributed by atoms with Gasteiger partial charge in [0.05, 0.1) is 5.71 Å². The van der Waals surface area contributed by atoms with Crippen molar-refractivity contribution in [2.24, 2.45) is 5.10 Å². The summed E-state index contributed by atoms with van der Waals surface area (Å²) in [6, 6.07) is 13.6. The van der Waals surface area contributed by atoms with E-state index in [2.05, 4.69) is 12.0 Å². The van der Waals surface area contributed by atoms with Gasteiger partial charge in [0.1, 0.15) is 11.6 Å². The van der Waals surface area contributed by atoms with Crippen molar-refractivity contribution >= 4 is 5.71 Å². The molecule has 4 heteroatoms. The molecule has 0 bridgehead atoms. The van der Waals surface area contributed by atoms with Crippen molar-refractivity contribution in [3.8, 4) is 6.07 Å². The maximum absolute atomic E-state index is 12.4. The molecule has 0 fully saturated rings. The van der Waals surface area contributed by atoms with Crippen LogP contribution < -0.4 is 5.56 Å². The molecule has 4 nitrogen and oxygen atoms in total. The molecule has 2 aromatic rings. The van der Waals surface area contributed by atoms with Crippen LogP contribution in [0.1, 0.15) is 42.1 Å². The van der Waals surface area contributed by atoms with Crippen LogP contribution in [0.15, 0.2) is 46.3 Å². The second-order valence-corrected chi connectivity index (χ2v) is 5.24. The minimum atomic E-state index is -0.357. The minimum Gasteiger partial charge on any atom is -0.266 e. The molecule has 0 spiro atoms. The van der Waals surface area contributed by atoms with E-state index in [-0.39, 0.29) is 11.1 Å². The van der Waals surface area contributed by atoms with Crippen LogP contribution in [0.4, 0.5) is 0 Å². The van der Waals surface area contributed by atoms with Gasteiger partial charge in [-0.15, -0.1) is 0 Å². The van der Waals surface area contributed by atoms with Gasteiger partial charge in [-0.3, -0.25) is 4.79 Å². The van der Waals surface area contributed by atoms with Crippen LogP contribution in [0.25, 0.3) is 0 Å². The second-order valence-electron chi connectivity index (χ2n) is 5.24. The zero-order chi connectivity index (χ0) is 16.1. The zero-order valence-electron chi connectivity index (χ0n) is 13.1. The maximum Gasteiger partial charge on any atom is 0.289 e. The summed E-state index contributed by atoms with van der Waals surface area (Å²) < 4.78 is 1.34. The quantitative estimate of drug-likeness (QED) is 0.811. The van der Waals surface area contributed by atoms with E-state index in [0.29, 0.717) is 5.56 Å². The van der Waals surface area contributed by atoms with Crippen LogP contribution in [0.2, 0.25) is 0 Å². The van der Waals surface area contributed by atoms with E-state index in [9.17, 15) is 4.79 Å². The number of aryl methyl sites for hydroxylation is 2. The summed E-state index contributed by atoms with van der Waals surface area (Å²) in [5, 5.41) is 13.7. The van der Waals surface area contributed by atoms with Crippen molar-refractivity contribution in [3.05, 3.63) is 69.1 Å². The molecular weight excluding hydrogens is 274 g/mol. The van der Waals surface area contributed by atoms with Crippen molar-refractivity contribution in [2.45, 2.75) is 33.6 Å². The zero-order valence-corrected chi connectivity index (χ0v) is 13.1. The van der Waals surface area contributed by atoms with E-state index in [0.717, 1.165) is 29.8 Å². The highest BCUT2D eigenvalue weighted by Gasteiger charge is 2.11. The fourth-order valence-electron chi connectivity index (χ4n) is 2.38. The number of hydrogen-bond donors (Lipinski definition) is 0. The van der Waals surface area contributed by atoms with Gasteiger partial charge >= 0.3 is 0 Å². The summed E-state index contributed by atoms with van der Waals surface area (Å²) in [7, 11) is 0. The highest BCUT2D eigenvalue weighted by Crippen LogP contribution is 2.10. The molecule has 0 aliphatic rings. The number of nitriles is 1. The molecule has 0 unspecified atom stereocenters. The van der Waals surface area contributed by atoms with E-state index >= 15 is 0 Å². The molecule has 0 aliphatic heterocycles. The Balaban J connectivity index is 2.64. The van der Waals surface area contributed by atoms with E-state index in [1.54, 1.807) is 6.92 Å². The number of hydrogen-bond acceptors (Lipinski definition) is 3. The van der Waals surface area contributed by atoms with Crippen LogP contribution in [0.5, 0.6) is 0 Å². The molecule has 0 amide bonds. The first-order valence-electron chi connectivity index (χ1n) is 7.35. The van der Waals surface area contributed by atoms with Gasteiger partial charge < -0.3 is 0 Å². The van der Waals surface area contributed by atoms with Crippen molar-refractivity contribution in [2.75, 3.05) is 0 Å². The van der Waals surface area contributed by atoms with Crippen molar-refractivity contribution in [3.63, 3.8) is 0 Å². The largest absolute Gasteiger partial charge is 0.289 e. The first kappa shape index (κ1) is 15.7. The fourth-order valence-corrected chi connectivity index (χ4v) is 2.38. The van der Waals surface area contributed by atoms with Crippen LogP contribution in [0, 0.1) is 25.2 Å². The number of nitrogens with zero attached hydrogens (tertiary/aromatic N) is 3. The lowest BCUT2D eigenvalue weighted by molar-refractivity contribution is 0.774. The molecular formula is C18H19N3O. The Morgan fingerprint density at radius 2 is 1.95 bits per heavy atom. The first-order valence-corrected chi connectivity index (χ1v) is 7.35. The van der Waals surface area contributed by atoms with Gasteiger partial charge in [-0.1, -0.05) is 43.7 Å². The lowest BCUT2D eigenvalue weighted by Crippen LogP contribution is -2.24. The van der Waals surface area contributed by atoms with E-state index in [1.165, 1.54) is 4.68 Å². The average Bonchev–Trinajstić information content (AvgIpc) is 2.51. The molecule has 0 aliphatic carbocycles. The van der Waals surface area contributed by atoms with Crippen LogP contribution in [-0.4, -0.2) is 10.4 Å². The van der Waals surface area contributed by atoms with E-state index in [4.69, 9.17) is 5.26 Å². The van der Waals surface area contributed by atoms with Gasteiger partial charge in [0.15, 0.2) is 0 Å². The Hall–Kier alpha value is -2.67. The molecule has 0 N–H and O–H groups in total. The summed E-state index contributed by atoms with van der Waals surface area (Å²) in [5.41, 5.74) is 3.05. The first-order chi connectivity index (χ1) is 10.6. The highest BCUT2D eigenvalue weighted by molar-refractivity contribution is 6.00. The van der Waals surface area contributed by atoms with Crippen LogP contribution in [-0.2, 0) is 0 Å². The predicted molar refractivity (Wildman–Crippen MR) is 88.2 cm³/mol. The third-order valence-corrected chi connectivity index (χ3v) is 3.49. The molecule has 0 saturated heterocycles. The van der Waals surface area contributed by atoms with Gasteiger partial charge in [-0.25, -0.2) is 4.68 Å². The molecule has 1 heterocycles. The number of rotatable bonds is 4. The topological polar surface area (TPSA) is 58.1 Å². The molecule has 112 valence electrons. The van der Waals surface area contributed by atoms with E-state index < -0.39 is 0 Å². The van der Waals surface area contributed by atoms with Crippen molar-refractivity contribution < 1.29 is 0 Å². The summed E-state index contributed by atoms with van der Waals surface area (Å²) >= 11 is 0. The molecule has 0 saturated carbocycles. The van der Waals surface area contributed by atoms with Gasteiger partial charge in [0.25, 0.3) is 5.56 Å². The number of aromatic nitrogens is 1. The molecule has 1 aromatic heterocycles. The summed E-state index contributed by atoms with van der Waals surface area (Å²) in [5.74, 6) is 0. The molecule has 0 radical (unpaired) electrons. The highest BCUT2D eigenvalue weighted by atomic mass is 16.1. The predicted octanol–water partition coefficient (Wildman–Crippen LogP) is 3.39. The minimum absolute atomic E-state index is 0.151. The molecule has 2 rings (SSSR count). The lowest BCUT2D eigenvalue weighted by Gasteiger charge is -2.10. The van der Waals surface area contributed by atoms with Crippen molar-refractivity contribution in [1.82, 2.24) is 4.68 Å². The van der Waals surface area contributed by atoms with E-state index in [1.807, 2.05) is 49.4 Å². The Bertz CT molecular complexity index is 796. The Kier molecular flexibility index (Phi) is 4.90. The van der Waals surface area contributed by atoms with Crippen molar-refractivity contribution in [1.29, 1.82) is 5.26 Å². The third-order valence-electron chi connectivity index (χ3n) is 3.49. The summed E-state index contributed by atoms with van der Waals surface area (Å²) in [4.78, 5) is 12.4. The Morgan fingerprint density at radius 1 is 1.27 bits per heavy atom. The number of benzene rings is 1. The normalized spacial score (nSPS) is 11.3. The standard InChI is InChI=1S/C18H19N3O/c1-4-8-17(15-9-6-5-7-10-15)20-21-14(3)11-13(2)16(12-19)18(21)22/h5-7,9-11H,4,8H2,1-3H3/b20-17+. The van der Waals surface area contributed by atoms with Gasteiger partial charge in [0.2, 0.25) is 0 Å². The SMILES string of the molecule is CCC/C(=N\n1c(C)cc(C)c(C#N)c1=O)c1ccccc1. The lowest BCUT2D eigenvalue weighted by atomic mass is 10.1. The summed E-state index contributed by atoms with van der Waals surface area (Å²) in [6.07, 6.45) is 1.70. The van der Waals surface area contributed by atoms with Crippen LogP contribution in [0.3, 0.4) is 0 Å². The number of pyridine rings is 1. The monoisotopic (exact) mass is 293 g/mol.